The molecule has 4 rings (SSSR count). The Morgan fingerprint density at radius 3 is 2.26 bits per heavy atom. The lowest BCUT2D eigenvalue weighted by Gasteiger charge is -2.38. The Labute approximate surface area is 201 Å². The van der Waals surface area contributed by atoms with Crippen LogP contribution in [0.3, 0.4) is 0 Å². The molecule has 1 heterocycles. The van der Waals surface area contributed by atoms with Crippen molar-refractivity contribution >= 4 is 11.6 Å². The summed E-state index contributed by atoms with van der Waals surface area (Å²) in [5.41, 5.74) is 4.85. The van der Waals surface area contributed by atoms with Crippen molar-refractivity contribution in [3.05, 3.63) is 101 Å². The maximum Gasteiger partial charge on any atom is 0.221 e. The number of likely N-dealkylation sites (N-methyl/N-ethyl adjacent to an activating group) is 1. The van der Waals surface area contributed by atoms with E-state index in [0.717, 1.165) is 41.9 Å². The lowest BCUT2D eigenvalue weighted by molar-refractivity contribution is -0.252. The second kappa shape index (κ2) is 11.4. The van der Waals surface area contributed by atoms with Crippen LogP contribution in [0.2, 0.25) is 0 Å². The predicted molar refractivity (Wildman–Crippen MR) is 132 cm³/mol. The van der Waals surface area contributed by atoms with Crippen LogP contribution in [0.5, 0.6) is 0 Å². The zero-order valence-electron chi connectivity index (χ0n) is 19.7. The summed E-state index contributed by atoms with van der Waals surface area (Å²) in [7, 11) is 2.11. The molecule has 0 aromatic heterocycles. The third-order valence-electron chi connectivity index (χ3n) is 5.93. The third-order valence-corrected chi connectivity index (χ3v) is 5.93. The van der Waals surface area contributed by atoms with Gasteiger partial charge >= 0.3 is 0 Å². The van der Waals surface area contributed by atoms with E-state index in [9.17, 15) is 9.90 Å². The summed E-state index contributed by atoms with van der Waals surface area (Å²) in [5.74, 6) is -0.106. The van der Waals surface area contributed by atoms with Gasteiger partial charge in [0.05, 0.1) is 18.8 Å². The molecule has 0 bridgehead atoms. The van der Waals surface area contributed by atoms with E-state index in [1.54, 1.807) is 0 Å². The van der Waals surface area contributed by atoms with Gasteiger partial charge in [0.15, 0.2) is 6.29 Å². The molecule has 0 aliphatic carbocycles. The number of carbonyl (C=O) groups is 1. The quantitative estimate of drug-likeness (QED) is 0.505. The number of anilines is 1. The van der Waals surface area contributed by atoms with E-state index in [0.29, 0.717) is 0 Å². The van der Waals surface area contributed by atoms with Crippen molar-refractivity contribution in [1.29, 1.82) is 0 Å². The van der Waals surface area contributed by atoms with Gasteiger partial charge in [-0.2, -0.15) is 0 Å². The predicted octanol–water partition coefficient (Wildman–Crippen LogP) is 4.81. The average molecular weight is 461 g/mol. The molecule has 34 heavy (non-hydrogen) atoms. The van der Waals surface area contributed by atoms with Crippen molar-refractivity contribution in [2.75, 3.05) is 18.9 Å². The molecule has 6 heteroatoms. The summed E-state index contributed by atoms with van der Waals surface area (Å²) in [6.45, 7) is 3.12. The van der Waals surface area contributed by atoms with E-state index in [1.165, 1.54) is 12.5 Å². The number of nitrogens with one attached hydrogen (secondary N) is 1. The number of ether oxygens (including phenoxy) is 2. The van der Waals surface area contributed by atoms with Crippen LogP contribution in [0, 0.1) is 0 Å². The third kappa shape index (κ3) is 6.52. The van der Waals surface area contributed by atoms with Gasteiger partial charge in [0, 0.05) is 37.7 Å². The Bertz CT molecular complexity index is 1050. The van der Waals surface area contributed by atoms with Crippen molar-refractivity contribution in [3.63, 3.8) is 0 Å². The molecule has 0 radical (unpaired) electrons. The summed E-state index contributed by atoms with van der Waals surface area (Å²) in [6.07, 6.45) is 0.0670. The molecule has 3 aromatic carbocycles. The smallest absolute Gasteiger partial charge is 0.221 e. The first-order chi connectivity index (χ1) is 16.5. The maximum absolute atomic E-state index is 11.3. The number of benzene rings is 3. The Kier molecular flexibility index (Phi) is 8.08. The van der Waals surface area contributed by atoms with E-state index in [2.05, 4.69) is 41.5 Å². The molecule has 0 unspecified atom stereocenters. The zero-order valence-corrected chi connectivity index (χ0v) is 19.7. The highest BCUT2D eigenvalue weighted by atomic mass is 16.7. The van der Waals surface area contributed by atoms with Crippen LogP contribution in [-0.4, -0.2) is 35.6 Å². The molecule has 1 aliphatic rings. The number of rotatable bonds is 8. The number of aliphatic hydroxyl groups is 1. The summed E-state index contributed by atoms with van der Waals surface area (Å²) in [6, 6.07) is 25.9. The molecule has 6 nitrogen and oxygen atoms in total. The van der Waals surface area contributed by atoms with E-state index < -0.39 is 6.29 Å². The molecule has 3 aromatic rings. The number of hydrogen-bond acceptors (Lipinski definition) is 5. The molecular formula is C28H32N2O4. The van der Waals surface area contributed by atoms with Gasteiger partial charge in [0.25, 0.3) is 0 Å². The fourth-order valence-corrected chi connectivity index (χ4v) is 4.27. The minimum atomic E-state index is -0.516. The van der Waals surface area contributed by atoms with Gasteiger partial charge in [-0.15, -0.1) is 0 Å². The number of nitrogens with zero attached hydrogens (tertiary/aromatic N) is 1. The minimum Gasteiger partial charge on any atom is -0.392 e. The summed E-state index contributed by atoms with van der Waals surface area (Å²) in [4.78, 5) is 13.6. The van der Waals surface area contributed by atoms with Crippen molar-refractivity contribution in [3.8, 4) is 0 Å². The lowest BCUT2D eigenvalue weighted by Crippen LogP contribution is -2.37. The first-order valence-electron chi connectivity index (χ1n) is 11.6. The SMILES string of the molecule is CC(=O)Nc1ccc([C@H]2O[C@@H](CN(C)Cc3ccccc3)C[C@@H](c3ccc(CO)cc3)O2)cc1. The molecule has 1 fully saturated rings. The van der Waals surface area contributed by atoms with E-state index in [-0.39, 0.29) is 24.7 Å². The Balaban J connectivity index is 1.51. The average Bonchev–Trinajstić information content (AvgIpc) is 2.84. The highest BCUT2D eigenvalue weighted by molar-refractivity contribution is 5.88. The lowest BCUT2D eigenvalue weighted by atomic mass is 9.99. The van der Waals surface area contributed by atoms with Gasteiger partial charge in [0.1, 0.15) is 0 Å². The largest absolute Gasteiger partial charge is 0.392 e. The summed E-state index contributed by atoms with van der Waals surface area (Å²) in [5, 5.41) is 12.2. The van der Waals surface area contributed by atoms with Crippen LogP contribution in [0.1, 0.15) is 48.0 Å². The molecule has 1 aliphatic heterocycles. The van der Waals surface area contributed by atoms with Gasteiger partial charge in [-0.05, 0) is 35.9 Å². The first-order valence-corrected chi connectivity index (χ1v) is 11.6. The van der Waals surface area contributed by atoms with Crippen molar-refractivity contribution in [2.24, 2.45) is 0 Å². The molecular weight excluding hydrogens is 428 g/mol. The highest BCUT2D eigenvalue weighted by Gasteiger charge is 2.32. The molecule has 1 amide bonds. The second-order valence-corrected chi connectivity index (χ2v) is 8.84. The van der Waals surface area contributed by atoms with Crippen molar-refractivity contribution < 1.29 is 19.4 Å². The molecule has 0 spiro atoms. The topological polar surface area (TPSA) is 71.0 Å². The second-order valence-electron chi connectivity index (χ2n) is 8.84. The van der Waals surface area contributed by atoms with Crippen molar-refractivity contribution in [1.82, 2.24) is 4.90 Å². The van der Waals surface area contributed by atoms with Crippen LogP contribution in [0.15, 0.2) is 78.9 Å². The van der Waals surface area contributed by atoms with Gasteiger partial charge in [-0.1, -0.05) is 66.7 Å². The number of hydrogen-bond donors (Lipinski definition) is 2. The Morgan fingerprint density at radius 1 is 0.941 bits per heavy atom. The van der Waals surface area contributed by atoms with Crippen molar-refractivity contribution in [2.45, 2.75) is 45.0 Å². The number of amides is 1. The fraction of sp³-hybridized carbons (Fsp3) is 0.321. The first kappa shape index (κ1) is 24.1. The number of aliphatic hydroxyl groups excluding tert-OH is 1. The molecule has 178 valence electrons. The van der Waals surface area contributed by atoms with Gasteiger partial charge < -0.3 is 19.9 Å². The minimum absolute atomic E-state index is 0.0189. The van der Waals surface area contributed by atoms with Crippen LogP contribution in [0.4, 0.5) is 5.69 Å². The van der Waals surface area contributed by atoms with E-state index >= 15 is 0 Å². The molecule has 2 N–H and O–H groups in total. The molecule has 1 saturated heterocycles. The van der Waals surface area contributed by atoms with E-state index in [1.807, 2.05) is 54.6 Å². The van der Waals surface area contributed by atoms with Gasteiger partial charge in [-0.25, -0.2) is 0 Å². The molecule has 0 saturated carbocycles. The highest BCUT2D eigenvalue weighted by Crippen LogP contribution is 2.38. The van der Waals surface area contributed by atoms with E-state index in [4.69, 9.17) is 9.47 Å². The normalized spacial score (nSPS) is 20.3. The monoisotopic (exact) mass is 460 g/mol. The van der Waals surface area contributed by atoms with Crippen LogP contribution < -0.4 is 5.32 Å². The molecule has 3 atom stereocenters. The van der Waals surface area contributed by atoms with Gasteiger partial charge in [0.2, 0.25) is 5.91 Å². The van der Waals surface area contributed by atoms with Gasteiger partial charge in [-0.3, -0.25) is 9.69 Å². The summed E-state index contributed by atoms with van der Waals surface area (Å²) < 4.78 is 12.8. The van der Waals surface area contributed by atoms with Crippen LogP contribution in [-0.2, 0) is 27.4 Å². The zero-order chi connectivity index (χ0) is 23.9. The number of carbonyl (C=O) groups excluding carboxylic acids is 1. The Morgan fingerprint density at radius 2 is 1.62 bits per heavy atom. The van der Waals surface area contributed by atoms with Crippen LogP contribution >= 0.6 is 0 Å². The summed E-state index contributed by atoms with van der Waals surface area (Å²) >= 11 is 0. The Hall–Kier alpha value is -3.03. The standard InChI is InChI=1S/C28H32N2O4/c1-20(32)29-25-14-12-24(13-15-25)28-33-26(18-30(2)17-21-6-4-3-5-7-21)16-27(34-28)23-10-8-22(19-31)9-11-23/h3-15,26-28,31H,16-19H2,1-2H3,(H,29,32)/t26-,27+,28+/m1/s1. The maximum atomic E-state index is 11.3. The van der Waals surface area contributed by atoms with Crippen LogP contribution in [0.25, 0.3) is 0 Å². The fourth-order valence-electron chi connectivity index (χ4n) is 4.27.